The standard InChI is InChI=1S/C15H24O/c1-3-11-16-12-6-4-5-9-15-10-7-8-14(2)13-15/h7-8,10,13H,3-6,9,11-12H2,1-2H3. The van der Waals surface area contributed by atoms with E-state index in [1.807, 2.05) is 0 Å². The Morgan fingerprint density at radius 1 is 1.06 bits per heavy atom. The molecule has 1 aromatic rings. The van der Waals surface area contributed by atoms with Crippen LogP contribution in [0.5, 0.6) is 0 Å². The van der Waals surface area contributed by atoms with Crippen LogP contribution in [0.4, 0.5) is 0 Å². The van der Waals surface area contributed by atoms with Gasteiger partial charge in [0.05, 0.1) is 0 Å². The number of hydrogen-bond donors (Lipinski definition) is 0. The minimum atomic E-state index is 0.915. The molecule has 0 saturated carbocycles. The van der Waals surface area contributed by atoms with E-state index in [1.165, 1.54) is 36.8 Å². The maximum Gasteiger partial charge on any atom is 0.0466 e. The Labute approximate surface area is 99.8 Å². The molecule has 0 fully saturated rings. The van der Waals surface area contributed by atoms with Crippen molar-refractivity contribution in [1.29, 1.82) is 0 Å². The summed E-state index contributed by atoms with van der Waals surface area (Å²) in [5, 5.41) is 0. The van der Waals surface area contributed by atoms with Crippen molar-refractivity contribution in [2.75, 3.05) is 13.2 Å². The second-order valence-corrected chi connectivity index (χ2v) is 4.41. The zero-order chi connectivity index (χ0) is 11.6. The summed E-state index contributed by atoms with van der Waals surface area (Å²) < 4.78 is 5.45. The van der Waals surface area contributed by atoms with E-state index in [9.17, 15) is 0 Å². The molecule has 0 atom stereocenters. The summed E-state index contributed by atoms with van der Waals surface area (Å²) >= 11 is 0. The highest BCUT2D eigenvalue weighted by atomic mass is 16.5. The van der Waals surface area contributed by atoms with E-state index in [0.717, 1.165) is 19.6 Å². The third-order valence-electron chi connectivity index (χ3n) is 2.69. The number of benzene rings is 1. The predicted molar refractivity (Wildman–Crippen MR) is 69.8 cm³/mol. The molecule has 0 aliphatic carbocycles. The number of rotatable bonds is 8. The highest BCUT2D eigenvalue weighted by Crippen LogP contribution is 2.08. The molecule has 16 heavy (non-hydrogen) atoms. The Hall–Kier alpha value is -0.820. The Kier molecular flexibility index (Phi) is 6.91. The van der Waals surface area contributed by atoms with Gasteiger partial charge in [0, 0.05) is 13.2 Å². The van der Waals surface area contributed by atoms with Crippen LogP contribution >= 0.6 is 0 Å². The Balaban J connectivity index is 2.03. The van der Waals surface area contributed by atoms with Crippen LogP contribution in [0.15, 0.2) is 24.3 Å². The fourth-order valence-corrected chi connectivity index (χ4v) is 1.82. The average molecular weight is 220 g/mol. The fraction of sp³-hybridized carbons (Fsp3) is 0.600. The first kappa shape index (κ1) is 13.2. The smallest absolute Gasteiger partial charge is 0.0466 e. The van der Waals surface area contributed by atoms with Gasteiger partial charge in [-0.1, -0.05) is 43.2 Å². The lowest BCUT2D eigenvalue weighted by atomic mass is 10.1. The molecule has 1 nitrogen and oxygen atoms in total. The third-order valence-corrected chi connectivity index (χ3v) is 2.69. The normalized spacial score (nSPS) is 10.6. The van der Waals surface area contributed by atoms with Crippen molar-refractivity contribution in [2.45, 2.75) is 46.0 Å². The number of unbranched alkanes of at least 4 members (excludes halogenated alkanes) is 2. The molecule has 0 heterocycles. The maximum atomic E-state index is 5.45. The molecule has 90 valence electrons. The van der Waals surface area contributed by atoms with Crippen molar-refractivity contribution in [1.82, 2.24) is 0 Å². The van der Waals surface area contributed by atoms with Crippen LogP contribution in [0.3, 0.4) is 0 Å². The van der Waals surface area contributed by atoms with E-state index in [4.69, 9.17) is 4.74 Å². The summed E-state index contributed by atoms with van der Waals surface area (Å²) in [5.74, 6) is 0. The van der Waals surface area contributed by atoms with Gasteiger partial charge in [-0.05, 0) is 38.2 Å². The fourth-order valence-electron chi connectivity index (χ4n) is 1.82. The summed E-state index contributed by atoms with van der Waals surface area (Å²) in [6.07, 6.45) is 6.08. The topological polar surface area (TPSA) is 9.23 Å². The van der Waals surface area contributed by atoms with Crippen LogP contribution in [-0.2, 0) is 11.2 Å². The molecule has 0 radical (unpaired) electrons. The molecule has 0 amide bonds. The Bertz CT molecular complexity index is 281. The van der Waals surface area contributed by atoms with E-state index in [1.54, 1.807) is 0 Å². The van der Waals surface area contributed by atoms with Crippen LogP contribution in [0.25, 0.3) is 0 Å². The summed E-state index contributed by atoms with van der Waals surface area (Å²) in [4.78, 5) is 0. The second-order valence-electron chi connectivity index (χ2n) is 4.41. The molecule has 0 aliphatic heterocycles. The quantitative estimate of drug-likeness (QED) is 0.598. The maximum absolute atomic E-state index is 5.45. The van der Waals surface area contributed by atoms with E-state index in [0.29, 0.717) is 0 Å². The predicted octanol–water partition coefficient (Wildman–Crippen LogP) is 4.13. The molecule has 0 unspecified atom stereocenters. The van der Waals surface area contributed by atoms with Gasteiger partial charge in [-0.3, -0.25) is 0 Å². The molecule has 0 aromatic heterocycles. The number of hydrogen-bond acceptors (Lipinski definition) is 1. The van der Waals surface area contributed by atoms with Crippen LogP contribution in [0.2, 0.25) is 0 Å². The molecule has 1 rings (SSSR count). The minimum Gasteiger partial charge on any atom is -0.381 e. The van der Waals surface area contributed by atoms with Crippen LogP contribution in [0.1, 0.15) is 43.7 Å². The van der Waals surface area contributed by atoms with Crippen molar-refractivity contribution in [3.8, 4) is 0 Å². The second kappa shape index (κ2) is 8.35. The molecule has 1 heteroatoms. The highest BCUT2D eigenvalue weighted by molar-refractivity contribution is 5.22. The molecule has 0 N–H and O–H groups in total. The largest absolute Gasteiger partial charge is 0.381 e. The van der Waals surface area contributed by atoms with E-state index in [2.05, 4.69) is 38.1 Å². The lowest BCUT2D eigenvalue weighted by Crippen LogP contribution is -1.96. The summed E-state index contributed by atoms with van der Waals surface area (Å²) in [6.45, 7) is 6.15. The van der Waals surface area contributed by atoms with E-state index < -0.39 is 0 Å². The molecule has 1 aromatic carbocycles. The van der Waals surface area contributed by atoms with Crippen molar-refractivity contribution in [3.63, 3.8) is 0 Å². The Morgan fingerprint density at radius 3 is 2.69 bits per heavy atom. The number of ether oxygens (including phenoxy) is 1. The monoisotopic (exact) mass is 220 g/mol. The zero-order valence-electron chi connectivity index (χ0n) is 10.7. The lowest BCUT2D eigenvalue weighted by Gasteiger charge is -2.04. The van der Waals surface area contributed by atoms with Gasteiger partial charge >= 0.3 is 0 Å². The average Bonchev–Trinajstić information content (AvgIpc) is 2.28. The zero-order valence-corrected chi connectivity index (χ0v) is 10.7. The van der Waals surface area contributed by atoms with Gasteiger partial charge in [0.1, 0.15) is 0 Å². The van der Waals surface area contributed by atoms with Gasteiger partial charge < -0.3 is 4.74 Å². The van der Waals surface area contributed by atoms with Crippen LogP contribution < -0.4 is 0 Å². The van der Waals surface area contributed by atoms with Gasteiger partial charge in [-0.2, -0.15) is 0 Å². The molecular weight excluding hydrogens is 196 g/mol. The summed E-state index contributed by atoms with van der Waals surface area (Å²) in [5.41, 5.74) is 2.83. The van der Waals surface area contributed by atoms with Crippen molar-refractivity contribution in [2.24, 2.45) is 0 Å². The van der Waals surface area contributed by atoms with Crippen molar-refractivity contribution >= 4 is 0 Å². The summed E-state index contributed by atoms with van der Waals surface area (Å²) in [7, 11) is 0. The first-order valence-corrected chi connectivity index (χ1v) is 6.46. The lowest BCUT2D eigenvalue weighted by molar-refractivity contribution is 0.130. The third kappa shape index (κ3) is 5.92. The first-order chi connectivity index (χ1) is 7.83. The minimum absolute atomic E-state index is 0.915. The summed E-state index contributed by atoms with van der Waals surface area (Å²) in [6, 6.07) is 8.81. The number of aryl methyl sites for hydroxylation is 2. The molecule has 0 aliphatic rings. The molecule has 0 spiro atoms. The molecular formula is C15H24O. The van der Waals surface area contributed by atoms with E-state index in [-0.39, 0.29) is 0 Å². The van der Waals surface area contributed by atoms with Crippen LogP contribution in [-0.4, -0.2) is 13.2 Å². The van der Waals surface area contributed by atoms with Crippen molar-refractivity contribution < 1.29 is 4.74 Å². The van der Waals surface area contributed by atoms with E-state index >= 15 is 0 Å². The molecule has 0 saturated heterocycles. The van der Waals surface area contributed by atoms with Gasteiger partial charge in [-0.15, -0.1) is 0 Å². The van der Waals surface area contributed by atoms with Gasteiger partial charge in [0.15, 0.2) is 0 Å². The highest BCUT2D eigenvalue weighted by Gasteiger charge is 1.94. The van der Waals surface area contributed by atoms with Gasteiger partial charge in [-0.25, -0.2) is 0 Å². The van der Waals surface area contributed by atoms with Crippen LogP contribution in [0, 0.1) is 6.92 Å². The molecule has 0 bridgehead atoms. The van der Waals surface area contributed by atoms with Gasteiger partial charge in [0.2, 0.25) is 0 Å². The Morgan fingerprint density at radius 2 is 1.94 bits per heavy atom. The first-order valence-electron chi connectivity index (χ1n) is 6.46. The van der Waals surface area contributed by atoms with Gasteiger partial charge in [0.25, 0.3) is 0 Å². The van der Waals surface area contributed by atoms with Crippen molar-refractivity contribution in [3.05, 3.63) is 35.4 Å². The SMILES string of the molecule is CCCOCCCCCc1cccc(C)c1.